The van der Waals surface area contributed by atoms with E-state index in [-0.39, 0.29) is 5.97 Å². The third-order valence-corrected chi connectivity index (χ3v) is 4.19. The summed E-state index contributed by atoms with van der Waals surface area (Å²) in [5, 5.41) is 0. The number of carbonyl (C=O) groups is 1. The van der Waals surface area contributed by atoms with Crippen LogP contribution in [0.5, 0.6) is 0 Å². The lowest BCUT2D eigenvalue weighted by molar-refractivity contribution is -0.139. The van der Waals surface area contributed by atoms with Gasteiger partial charge in [0, 0.05) is 26.2 Å². The van der Waals surface area contributed by atoms with E-state index in [0.29, 0.717) is 31.8 Å². The largest absolute Gasteiger partial charge is 0.564 e. The molecule has 0 saturated carbocycles. The highest BCUT2D eigenvalue weighted by Crippen LogP contribution is 2.11. The number of hydrogen-bond acceptors (Lipinski definition) is 5. The van der Waals surface area contributed by atoms with Crippen LogP contribution in [-0.4, -0.2) is 33.7 Å². The standard InChI is InChI=1S/C9H20O4SSi/c1-4-11-15(3,12-5-2)13-9(10)7-6-8-14/h14H,4-8H2,1-3H3. The summed E-state index contributed by atoms with van der Waals surface area (Å²) in [5.41, 5.74) is 0. The SMILES string of the molecule is CCO[Si](C)(OCC)OC(=O)CCCS. The fourth-order valence-corrected chi connectivity index (χ4v) is 3.03. The van der Waals surface area contributed by atoms with Crippen molar-refractivity contribution >= 4 is 27.4 Å². The number of rotatable bonds is 8. The molecule has 6 heteroatoms. The van der Waals surface area contributed by atoms with E-state index in [1.807, 2.05) is 13.8 Å². The Morgan fingerprint density at radius 2 is 1.80 bits per heavy atom. The quantitative estimate of drug-likeness (QED) is 0.529. The predicted molar refractivity (Wildman–Crippen MR) is 64.0 cm³/mol. The Bertz CT molecular complexity index is 183. The van der Waals surface area contributed by atoms with Crippen LogP contribution in [-0.2, 0) is 18.1 Å². The molecule has 0 atom stereocenters. The van der Waals surface area contributed by atoms with Crippen molar-refractivity contribution in [3.05, 3.63) is 0 Å². The fourth-order valence-electron chi connectivity index (χ4n) is 1.11. The van der Waals surface area contributed by atoms with Crippen molar-refractivity contribution in [2.75, 3.05) is 19.0 Å². The molecule has 0 spiro atoms. The van der Waals surface area contributed by atoms with Crippen LogP contribution in [0.3, 0.4) is 0 Å². The molecule has 15 heavy (non-hydrogen) atoms. The molecule has 0 aromatic carbocycles. The normalized spacial score (nSPS) is 11.5. The predicted octanol–water partition coefficient (Wildman–Crippen LogP) is 1.88. The molecule has 0 heterocycles. The second kappa shape index (κ2) is 8.15. The second-order valence-corrected chi connectivity index (χ2v) is 5.98. The first kappa shape index (κ1) is 15.0. The van der Waals surface area contributed by atoms with Crippen LogP contribution in [0.25, 0.3) is 0 Å². The van der Waals surface area contributed by atoms with Crippen molar-refractivity contribution < 1.29 is 18.1 Å². The van der Waals surface area contributed by atoms with Crippen LogP contribution in [0, 0.1) is 0 Å². The lowest BCUT2D eigenvalue weighted by Gasteiger charge is -2.24. The van der Waals surface area contributed by atoms with Gasteiger partial charge in [-0.2, -0.15) is 12.6 Å². The molecule has 0 amide bonds. The van der Waals surface area contributed by atoms with E-state index in [0.717, 1.165) is 0 Å². The minimum Gasteiger partial charge on any atom is -0.473 e. The second-order valence-electron chi connectivity index (χ2n) is 3.03. The van der Waals surface area contributed by atoms with E-state index in [1.54, 1.807) is 6.55 Å². The Hall–Kier alpha value is -0.0431. The average molecular weight is 252 g/mol. The van der Waals surface area contributed by atoms with Gasteiger partial charge >= 0.3 is 8.80 Å². The van der Waals surface area contributed by atoms with Gasteiger partial charge in [-0.25, -0.2) is 0 Å². The minimum atomic E-state index is -2.74. The zero-order chi connectivity index (χ0) is 11.7. The molecule has 0 aromatic rings. The molecule has 0 bridgehead atoms. The molecule has 0 radical (unpaired) electrons. The molecule has 0 unspecified atom stereocenters. The van der Waals surface area contributed by atoms with Crippen molar-refractivity contribution in [1.29, 1.82) is 0 Å². The van der Waals surface area contributed by atoms with E-state index >= 15 is 0 Å². The van der Waals surface area contributed by atoms with Gasteiger partial charge in [0.2, 0.25) is 0 Å². The van der Waals surface area contributed by atoms with Gasteiger partial charge in [0.15, 0.2) is 0 Å². The molecule has 0 saturated heterocycles. The maximum atomic E-state index is 11.4. The smallest absolute Gasteiger partial charge is 0.473 e. The Labute approximate surface area is 98.1 Å². The van der Waals surface area contributed by atoms with Crippen LogP contribution >= 0.6 is 12.6 Å². The molecule has 0 aliphatic rings. The summed E-state index contributed by atoms with van der Waals surface area (Å²) >= 11 is 4.03. The molecule has 0 aliphatic heterocycles. The van der Waals surface area contributed by atoms with E-state index < -0.39 is 8.80 Å². The Morgan fingerprint density at radius 3 is 2.20 bits per heavy atom. The maximum absolute atomic E-state index is 11.4. The molecule has 0 rings (SSSR count). The average Bonchev–Trinajstić information content (AvgIpc) is 2.15. The highest BCUT2D eigenvalue weighted by molar-refractivity contribution is 7.80. The Morgan fingerprint density at radius 1 is 1.27 bits per heavy atom. The van der Waals surface area contributed by atoms with Crippen molar-refractivity contribution in [2.45, 2.75) is 33.2 Å². The molecular formula is C9H20O4SSi. The molecule has 90 valence electrons. The Kier molecular flexibility index (Phi) is 8.13. The molecule has 0 N–H and O–H groups in total. The maximum Gasteiger partial charge on any atom is 0.564 e. The molecule has 0 aliphatic carbocycles. The zero-order valence-electron chi connectivity index (χ0n) is 9.62. The summed E-state index contributed by atoms with van der Waals surface area (Å²) in [6.07, 6.45) is 1.08. The van der Waals surface area contributed by atoms with E-state index in [2.05, 4.69) is 12.6 Å². The highest BCUT2D eigenvalue weighted by Gasteiger charge is 2.38. The van der Waals surface area contributed by atoms with Gasteiger partial charge in [0.25, 0.3) is 5.97 Å². The third-order valence-electron chi connectivity index (χ3n) is 1.65. The third kappa shape index (κ3) is 6.94. The summed E-state index contributed by atoms with van der Waals surface area (Å²) in [4.78, 5) is 11.4. The van der Waals surface area contributed by atoms with Crippen molar-refractivity contribution in [3.63, 3.8) is 0 Å². The fraction of sp³-hybridized carbons (Fsp3) is 0.889. The number of carbonyl (C=O) groups excluding carboxylic acids is 1. The van der Waals surface area contributed by atoms with Gasteiger partial charge in [0.05, 0.1) is 0 Å². The van der Waals surface area contributed by atoms with Crippen molar-refractivity contribution in [3.8, 4) is 0 Å². The van der Waals surface area contributed by atoms with Gasteiger partial charge < -0.3 is 13.3 Å². The number of thiol groups is 1. The summed E-state index contributed by atoms with van der Waals surface area (Å²) in [6.45, 7) is 6.42. The first-order valence-corrected chi connectivity index (χ1v) is 8.04. The summed E-state index contributed by atoms with van der Waals surface area (Å²) in [6, 6.07) is 0. The monoisotopic (exact) mass is 252 g/mol. The van der Waals surface area contributed by atoms with Gasteiger partial charge in [-0.1, -0.05) is 0 Å². The molecule has 0 aromatic heterocycles. The van der Waals surface area contributed by atoms with Crippen LogP contribution in [0.2, 0.25) is 6.55 Å². The Balaban J connectivity index is 4.08. The summed E-state index contributed by atoms with van der Waals surface area (Å²) in [7, 11) is -2.74. The van der Waals surface area contributed by atoms with Crippen LogP contribution in [0.15, 0.2) is 0 Å². The molecule has 0 fully saturated rings. The van der Waals surface area contributed by atoms with Gasteiger partial charge in [-0.15, -0.1) is 0 Å². The van der Waals surface area contributed by atoms with E-state index in [9.17, 15) is 4.79 Å². The summed E-state index contributed by atoms with van der Waals surface area (Å²) in [5.74, 6) is 0.413. The minimum absolute atomic E-state index is 0.264. The van der Waals surface area contributed by atoms with Crippen LogP contribution in [0.4, 0.5) is 0 Å². The lowest BCUT2D eigenvalue weighted by atomic mass is 10.3. The highest BCUT2D eigenvalue weighted by atomic mass is 32.1. The first-order valence-electron chi connectivity index (χ1n) is 5.18. The lowest BCUT2D eigenvalue weighted by Crippen LogP contribution is -2.44. The van der Waals surface area contributed by atoms with Gasteiger partial charge in [-0.3, -0.25) is 4.79 Å². The first-order chi connectivity index (χ1) is 7.08. The topological polar surface area (TPSA) is 44.8 Å². The van der Waals surface area contributed by atoms with Crippen molar-refractivity contribution in [1.82, 2.24) is 0 Å². The van der Waals surface area contributed by atoms with Crippen molar-refractivity contribution in [2.24, 2.45) is 0 Å². The number of hydrogen-bond donors (Lipinski definition) is 1. The summed E-state index contributed by atoms with van der Waals surface area (Å²) < 4.78 is 16.0. The zero-order valence-corrected chi connectivity index (χ0v) is 11.5. The van der Waals surface area contributed by atoms with Crippen LogP contribution in [0.1, 0.15) is 26.7 Å². The van der Waals surface area contributed by atoms with Gasteiger partial charge in [0.1, 0.15) is 0 Å². The van der Waals surface area contributed by atoms with Gasteiger partial charge in [-0.05, 0) is 26.0 Å². The molecule has 4 nitrogen and oxygen atoms in total. The van der Waals surface area contributed by atoms with E-state index in [1.165, 1.54) is 0 Å². The van der Waals surface area contributed by atoms with E-state index in [4.69, 9.17) is 13.3 Å². The van der Waals surface area contributed by atoms with Crippen LogP contribution < -0.4 is 0 Å². The molecular weight excluding hydrogens is 232 g/mol.